The van der Waals surface area contributed by atoms with E-state index in [-0.39, 0.29) is 0 Å². The molecule has 2 amide bonds. The van der Waals surface area contributed by atoms with E-state index in [2.05, 4.69) is 14.7 Å². The zero-order valence-corrected chi connectivity index (χ0v) is 12.0. The van der Waals surface area contributed by atoms with Gasteiger partial charge >= 0.3 is 6.03 Å². The fourth-order valence-electron chi connectivity index (χ4n) is 3.78. The van der Waals surface area contributed by atoms with Gasteiger partial charge in [-0.2, -0.15) is 0 Å². The van der Waals surface area contributed by atoms with Crippen LogP contribution in [0.5, 0.6) is 0 Å². The first-order valence-electron chi connectivity index (χ1n) is 8.12. The highest BCUT2D eigenvalue weighted by Crippen LogP contribution is 2.22. The fourth-order valence-corrected chi connectivity index (χ4v) is 3.78. The van der Waals surface area contributed by atoms with Crippen LogP contribution in [0.25, 0.3) is 0 Å². The number of nitrogens with zero attached hydrogens (tertiary/aromatic N) is 3. The maximum atomic E-state index is 12.5. The number of amides is 2. The van der Waals surface area contributed by atoms with Gasteiger partial charge in [-0.05, 0) is 51.6 Å². The van der Waals surface area contributed by atoms with Crippen LogP contribution < -0.4 is 0 Å². The van der Waals surface area contributed by atoms with E-state index in [4.69, 9.17) is 0 Å². The third-order valence-corrected chi connectivity index (χ3v) is 4.97. The second-order valence-electron chi connectivity index (χ2n) is 6.32. The maximum Gasteiger partial charge on any atom is 0.320 e. The molecule has 19 heavy (non-hydrogen) atoms. The molecule has 3 fully saturated rings. The summed E-state index contributed by atoms with van der Waals surface area (Å²) < 4.78 is 0. The Balaban J connectivity index is 1.51. The molecule has 0 aromatic heterocycles. The molecule has 0 aromatic carbocycles. The number of carbonyl (C=O) groups is 1. The summed E-state index contributed by atoms with van der Waals surface area (Å²) in [6.07, 6.45) is 8.93. The Morgan fingerprint density at radius 3 is 2.05 bits per heavy atom. The lowest BCUT2D eigenvalue weighted by Crippen LogP contribution is -2.46. The predicted molar refractivity (Wildman–Crippen MR) is 76.2 cm³/mol. The van der Waals surface area contributed by atoms with Gasteiger partial charge < -0.3 is 9.80 Å². The average molecular weight is 265 g/mol. The molecule has 0 N–H and O–H groups in total. The van der Waals surface area contributed by atoms with Crippen LogP contribution in [0.4, 0.5) is 4.79 Å². The van der Waals surface area contributed by atoms with Gasteiger partial charge in [0, 0.05) is 32.2 Å². The highest BCUT2D eigenvalue weighted by atomic mass is 16.2. The molecule has 3 rings (SSSR count). The number of likely N-dealkylation sites (tertiary alicyclic amines) is 3. The molecular formula is C15H27N3O. The Kier molecular flexibility index (Phi) is 4.26. The molecule has 4 nitrogen and oxygen atoms in total. The Labute approximate surface area is 116 Å². The molecule has 0 saturated carbocycles. The van der Waals surface area contributed by atoms with Crippen LogP contribution in [0.3, 0.4) is 0 Å². The van der Waals surface area contributed by atoms with Gasteiger partial charge in [0.25, 0.3) is 0 Å². The van der Waals surface area contributed by atoms with Gasteiger partial charge in [-0.25, -0.2) is 4.79 Å². The summed E-state index contributed by atoms with van der Waals surface area (Å²) in [6.45, 7) is 6.38. The topological polar surface area (TPSA) is 26.8 Å². The van der Waals surface area contributed by atoms with Crippen molar-refractivity contribution in [3.05, 3.63) is 0 Å². The van der Waals surface area contributed by atoms with Gasteiger partial charge in [-0.1, -0.05) is 6.42 Å². The lowest BCUT2D eigenvalue weighted by Gasteiger charge is -2.33. The normalized spacial score (nSPS) is 29.8. The molecular weight excluding hydrogens is 238 g/mol. The van der Waals surface area contributed by atoms with Crippen molar-refractivity contribution in [3.63, 3.8) is 0 Å². The van der Waals surface area contributed by atoms with Crippen molar-refractivity contribution in [2.75, 3.05) is 39.3 Å². The van der Waals surface area contributed by atoms with Gasteiger partial charge in [0.2, 0.25) is 0 Å². The SMILES string of the molecule is O=C(N1CCCCC1)N1CCC(N2CCCCC2)C1. The van der Waals surface area contributed by atoms with Crippen molar-refractivity contribution in [3.8, 4) is 0 Å². The minimum atomic E-state index is 0.305. The van der Waals surface area contributed by atoms with Gasteiger partial charge in [0.1, 0.15) is 0 Å². The van der Waals surface area contributed by atoms with Crippen LogP contribution in [0.1, 0.15) is 44.9 Å². The first-order chi connectivity index (χ1) is 9.34. The number of hydrogen-bond acceptors (Lipinski definition) is 2. The molecule has 3 saturated heterocycles. The fraction of sp³-hybridized carbons (Fsp3) is 0.933. The number of piperidine rings is 2. The molecule has 4 heteroatoms. The lowest BCUT2D eigenvalue weighted by atomic mass is 10.1. The number of urea groups is 1. The van der Waals surface area contributed by atoms with E-state index < -0.39 is 0 Å². The second-order valence-corrected chi connectivity index (χ2v) is 6.32. The highest BCUT2D eigenvalue weighted by molar-refractivity contribution is 5.74. The van der Waals surface area contributed by atoms with E-state index >= 15 is 0 Å². The molecule has 0 spiro atoms. The number of rotatable bonds is 1. The van der Waals surface area contributed by atoms with Crippen LogP contribution in [-0.4, -0.2) is 66.0 Å². The molecule has 1 atom stereocenters. The van der Waals surface area contributed by atoms with E-state index in [0.717, 1.165) is 26.2 Å². The van der Waals surface area contributed by atoms with E-state index in [1.54, 1.807) is 0 Å². The summed E-state index contributed by atoms with van der Waals surface area (Å²) in [5.41, 5.74) is 0. The molecule has 0 bridgehead atoms. The standard InChI is InChI=1S/C15H27N3O/c19-15(17-10-5-2-6-11-17)18-12-7-14(13-18)16-8-3-1-4-9-16/h14H,1-13H2. The molecule has 3 heterocycles. The molecule has 3 aliphatic rings. The highest BCUT2D eigenvalue weighted by Gasteiger charge is 2.33. The Bertz CT molecular complexity index is 309. The minimum absolute atomic E-state index is 0.305. The molecule has 0 aliphatic carbocycles. The maximum absolute atomic E-state index is 12.5. The Hall–Kier alpha value is -0.770. The zero-order chi connectivity index (χ0) is 13.1. The first kappa shape index (κ1) is 13.2. The predicted octanol–water partition coefficient (Wildman–Crippen LogP) is 2.15. The van der Waals surface area contributed by atoms with Crippen molar-refractivity contribution in [1.29, 1.82) is 0 Å². The third-order valence-electron chi connectivity index (χ3n) is 4.97. The van der Waals surface area contributed by atoms with Crippen molar-refractivity contribution < 1.29 is 4.79 Å². The lowest BCUT2D eigenvalue weighted by molar-refractivity contribution is 0.139. The van der Waals surface area contributed by atoms with Crippen LogP contribution in [0.15, 0.2) is 0 Å². The molecule has 0 radical (unpaired) electrons. The van der Waals surface area contributed by atoms with Gasteiger partial charge in [-0.3, -0.25) is 4.90 Å². The van der Waals surface area contributed by atoms with Crippen molar-refractivity contribution in [2.24, 2.45) is 0 Å². The van der Waals surface area contributed by atoms with Crippen molar-refractivity contribution in [2.45, 2.75) is 51.0 Å². The van der Waals surface area contributed by atoms with Gasteiger partial charge in [0.05, 0.1) is 0 Å². The summed E-state index contributed by atoms with van der Waals surface area (Å²) >= 11 is 0. The number of carbonyl (C=O) groups excluding carboxylic acids is 1. The van der Waals surface area contributed by atoms with Crippen LogP contribution in [-0.2, 0) is 0 Å². The Morgan fingerprint density at radius 1 is 0.737 bits per heavy atom. The van der Waals surface area contributed by atoms with E-state index in [1.165, 1.54) is 58.0 Å². The third kappa shape index (κ3) is 3.04. The van der Waals surface area contributed by atoms with E-state index in [1.807, 2.05) is 0 Å². The van der Waals surface area contributed by atoms with Crippen LogP contribution >= 0.6 is 0 Å². The van der Waals surface area contributed by atoms with Gasteiger partial charge in [-0.15, -0.1) is 0 Å². The van der Waals surface area contributed by atoms with Gasteiger partial charge in [0.15, 0.2) is 0 Å². The molecule has 108 valence electrons. The molecule has 0 aromatic rings. The monoisotopic (exact) mass is 265 g/mol. The summed E-state index contributed by atoms with van der Waals surface area (Å²) in [5.74, 6) is 0. The largest absolute Gasteiger partial charge is 0.325 e. The van der Waals surface area contributed by atoms with Crippen molar-refractivity contribution in [1.82, 2.24) is 14.7 Å². The van der Waals surface area contributed by atoms with E-state index in [9.17, 15) is 4.79 Å². The zero-order valence-electron chi connectivity index (χ0n) is 12.0. The second kappa shape index (κ2) is 6.12. The van der Waals surface area contributed by atoms with Crippen molar-refractivity contribution >= 4 is 6.03 Å². The smallest absolute Gasteiger partial charge is 0.320 e. The first-order valence-corrected chi connectivity index (χ1v) is 8.12. The molecule has 3 aliphatic heterocycles. The summed E-state index contributed by atoms with van der Waals surface area (Å²) in [5, 5.41) is 0. The molecule has 1 unspecified atom stereocenters. The summed E-state index contributed by atoms with van der Waals surface area (Å²) in [7, 11) is 0. The quantitative estimate of drug-likeness (QED) is 0.726. The Morgan fingerprint density at radius 2 is 1.37 bits per heavy atom. The van der Waals surface area contributed by atoms with E-state index in [0.29, 0.717) is 12.1 Å². The minimum Gasteiger partial charge on any atom is -0.325 e. The average Bonchev–Trinajstić information content (AvgIpc) is 2.98. The summed E-state index contributed by atoms with van der Waals surface area (Å²) in [6, 6.07) is 0.938. The van der Waals surface area contributed by atoms with Crippen LogP contribution in [0.2, 0.25) is 0 Å². The summed E-state index contributed by atoms with van der Waals surface area (Å²) in [4.78, 5) is 19.3. The van der Waals surface area contributed by atoms with Crippen LogP contribution in [0, 0.1) is 0 Å². The number of hydrogen-bond donors (Lipinski definition) is 0.